The van der Waals surface area contributed by atoms with Crippen molar-refractivity contribution < 1.29 is 9.21 Å². The molecular formula is C14H13N3O2. The van der Waals surface area contributed by atoms with Gasteiger partial charge in [-0.25, -0.2) is 0 Å². The standard InChI is InChI=1S/C14H13N3O2/c1-17-11-4-7-19-13(11)8-12(17)14(18)16-9-10-2-5-15-6-3-10/h2-8H,9H2,1H3,(H,16,18). The molecule has 0 fully saturated rings. The van der Waals surface area contributed by atoms with Crippen LogP contribution in [0.2, 0.25) is 0 Å². The van der Waals surface area contributed by atoms with E-state index in [9.17, 15) is 4.79 Å². The first kappa shape index (κ1) is 11.5. The van der Waals surface area contributed by atoms with E-state index in [1.165, 1.54) is 0 Å². The third-order valence-corrected chi connectivity index (χ3v) is 3.10. The zero-order valence-electron chi connectivity index (χ0n) is 10.5. The molecule has 0 bridgehead atoms. The number of carbonyl (C=O) groups is 1. The first-order valence-corrected chi connectivity index (χ1v) is 5.96. The SMILES string of the molecule is Cn1c(C(=O)NCc2ccncc2)cc2occc21. The summed E-state index contributed by atoms with van der Waals surface area (Å²) in [5, 5.41) is 2.88. The lowest BCUT2D eigenvalue weighted by Gasteiger charge is -2.06. The number of carbonyl (C=O) groups excluding carboxylic acids is 1. The second-order valence-corrected chi connectivity index (χ2v) is 4.30. The Labute approximate surface area is 109 Å². The molecule has 0 saturated carbocycles. The lowest BCUT2D eigenvalue weighted by atomic mass is 10.2. The maximum atomic E-state index is 12.1. The highest BCUT2D eigenvalue weighted by Gasteiger charge is 2.14. The van der Waals surface area contributed by atoms with Gasteiger partial charge in [-0.1, -0.05) is 0 Å². The molecule has 0 unspecified atom stereocenters. The largest absolute Gasteiger partial charge is 0.463 e. The topological polar surface area (TPSA) is 60.1 Å². The highest BCUT2D eigenvalue weighted by molar-refractivity contribution is 5.97. The molecule has 3 rings (SSSR count). The van der Waals surface area contributed by atoms with E-state index < -0.39 is 0 Å². The molecule has 3 aromatic heterocycles. The number of aromatic nitrogens is 2. The van der Waals surface area contributed by atoms with Gasteiger partial charge in [-0.2, -0.15) is 0 Å². The Hall–Kier alpha value is -2.56. The fourth-order valence-corrected chi connectivity index (χ4v) is 2.04. The van der Waals surface area contributed by atoms with Crippen LogP contribution >= 0.6 is 0 Å². The molecule has 1 amide bonds. The van der Waals surface area contributed by atoms with Gasteiger partial charge in [0.1, 0.15) is 5.69 Å². The number of furan rings is 1. The lowest BCUT2D eigenvalue weighted by molar-refractivity contribution is 0.0943. The molecule has 0 aromatic carbocycles. The number of hydrogen-bond acceptors (Lipinski definition) is 3. The normalized spacial score (nSPS) is 10.8. The van der Waals surface area contributed by atoms with E-state index in [0.29, 0.717) is 12.2 Å². The Morgan fingerprint density at radius 3 is 2.89 bits per heavy atom. The minimum absolute atomic E-state index is 0.120. The van der Waals surface area contributed by atoms with Crippen molar-refractivity contribution in [2.45, 2.75) is 6.54 Å². The molecule has 0 atom stereocenters. The Balaban J connectivity index is 1.77. The third-order valence-electron chi connectivity index (χ3n) is 3.10. The number of aryl methyl sites for hydroxylation is 1. The van der Waals surface area contributed by atoms with Crippen LogP contribution in [0.25, 0.3) is 11.1 Å². The van der Waals surface area contributed by atoms with Gasteiger partial charge in [0, 0.05) is 38.1 Å². The average Bonchev–Trinajstić information content (AvgIpc) is 3.01. The van der Waals surface area contributed by atoms with Crippen molar-refractivity contribution in [1.82, 2.24) is 14.9 Å². The Bertz CT molecular complexity index is 713. The van der Waals surface area contributed by atoms with Crippen LogP contribution in [-0.2, 0) is 13.6 Å². The van der Waals surface area contributed by atoms with Crippen molar-refractivity contribution >= 4 is 17.0 Å². The van der Waals surface area contributed by atoms with Crippen molar-refractivity contribution in [2.24, 2.45) is 7.05 Å². The number of nitrogens with one attached hydrogen (secondary N) is 1. The number of amides is 1. The molecule has 3 heterocycles. The van der Waals surface area contributed by atoms with Crippen molar-refractivity contribution in [3.05, 3.63) is 54.2 Å². The molecule has 0 spiro atoms. The molecule has 5 heteroatoms. The lowest BCUT2D eigenvalue weighted by Crippen LogP contribution is -2.24. The van der Waals surface area contributed by atoms with Crippen LogP contribution < -0.4 is 5.32 Å². The molecule has 96 valence electrons. The summed E-state index contributed by atoms with van der Waals surface area (Å²) < 4.78 is 7.10. The number of nitrogens with zero attached hydrogens (tertiary/aromatic N) is 2. The summed E-state index contributed by atoms with van der Waals surface area (Å²) in [5.74, 6) is -0.120. The minimum atomic E-state index is -0.120. The van der Waals surface area contributed by atoms with E-state index in [-0.39, 0.29) is 5.91 Å². The van der Waals surface area contributed by atoms with Crippen molar-refractivity contribution in [2.75, 3.05) is 0 Å². The zero-order chi connectivity index (χ0) is 13.2. The van der Waals surface area contributed by atoms with E-state index >= 15 is 0 Å². The van der Waals surface area contributed by atoms with Gasteiger partial charge in [0.15, 0.2) is 5.58 Å². The van der Waals surface area contributed by atoms with Crippen LogP contribution in [0, 0.1) is 0 Å². The van der Waals surface area contributed by atoms with Crippen molar-refractivity contribution in [3.8, 4) is 0 Å². The van der Waals surface area contributed by atoms with Crippen LogP contribution in [0.15, 0.2) is 47.3 Å². The summed E-state index contributed by atoms with van der Waals surface area (Å²) in [5.41, 5.74) is 3.23. The Kier molecular flexibility index (Phi) is 2.79. The van der Waals surface area contributed by atoms with Gasteiger partial charge in [0.2, 0.25) is 0 Å². The summed E-state index contributed by atoms with van der Waals surface area (Å²) in [6.45, 7) is 0.480. The predicted molar refractivity (Wildman–Crippen MR) is 70.6 cm³/mol. The third kappa shape index (κ3) is 2.10. The number of pyridine rings is 1. The maximum absolute atomic E-state index is 12.1. The molecule has 5 nitrogen and oxygen atoms in total. The molecule has 19 heavy (non-hydrogen) atoms. The zero-order valence-corrected chi connectivity index (χ0v) is 10.5. The molecule has 0 aliphatic rings. The molecular weight excluding hydrogens is 242 g/mol. The van der Waals surface area contributed by atoms with Gasteiger partial charge in [-0.05, 0) is 17.7 Å². The van der Waals surface area contributed by atoms with E-state index in [1.54, 1.807) is 24.7 Å². The highest BCUT2D eigenvalue weighted by Crippen LogP contribution is 2.19. The molecule has 0 aliphatic carbocycles. The van der Waals surface area contributed by atoms with E-state index in [4.69, 9.17) is 4.42 Å². The summed E-state index contributed by atoms with van der Waals surface area (Å²) in [6.07, 6.45) is 5.03. The highest BCUT2D eigenvalue weighted by atomic mass is 16.3. The van der Waals surface area contributed by atoms with Gasteiger partial charge in [-0.3, -0.25) is 9.78 Å². The first-order chi connectivity index (χ1) is 9.25. The molecule has 0 saturated heterocycles. The monoisotopic (exact) mass is 255 g/mol. The van der Waals surface area contributed by atoms with Gasteiger partial charge in [0.25, 0.3) is 5.91 Å². The van der Waals surface area contributed by atoms with Crippen LogP contribution in [0.4, 0.5) is 0 Å². The molecule has 0 radical (unpaired) electrons. The fourth-order valence-electron chi connectivity index (χ4n) is 2.04. The van der Waals surface area contributed by atoms with Crippen LogP contribution in [0.5, 0.6) is 0 Å². The molecule has 3 aromatic rings. The fraction of sp³-hybridized carbons (Fsp3) is 0.143. The van der Waals surface area contributed by atoms with E-state index in [0.717, 1.165) is 16.7 Å². The number of fused-ring (bicyclic) bond motifs is 1. The van der Waals surface area contributed by atoms with Gasteiger partial charge in [0.05, 0.1) is 11.8 Å². The van der Waals surface area contributed by atoms with Crippen molar-refractivity contribution in [3.63, 3.8) is 0 Å². The van der Waals surface area contributed by atoms with Crippen LogP contribution in [-0.4, -0.2) is 15.5 Å². The van der Waals surface area contributed by atoms with E-state index in [2.05, 4.69) is 10.3 Å². The number of rotatable bonds is 3. The minimum Gasteiger partial charge on any atom is -0.463 e. The quantitative estimate of drug-likeness (QED) is 0.779. The van der Waals surface area contributed by atoms with Gasteiger partial charge >= 0.3 is 0 Å². The second kappa shape index (κ2) is 4.61. The smallest absolute Gasteiger partial charge is 0.268 e. The Morgan fingerprint density at radius 1 is 1.37 bits per heavy atom. The molecule has 1 N–H and O–H groups in total. The number of hydrogen-bond donors (Lipinski definition) is 1. The summed E-state index contributed by atoms with van der Waals surface area (Å²) in [7, 11) is 1.85. The van der Waals surface area contributed by atoms with Crippen LogP contribution in [0.1, 0.15) is 16.1 Å². The second-order valence-electron chi connectivity index (χ2n) is 4.30. The first-order valence-electron chi connectivity index (χ1n) is 5.96. The summed E-state index contributed by atoms with van der Waals surface area (Å²) in [4.78, 5) is 16.1. The summed E-state index contributed by atoms with van der Waals surface area (Å²) >= 11 is 0. The van der Waals surface area contributed by atoms with E-state index in [1.807, 2.05) is 29.8 Å². The van der Waals surface area contributed by atoms with Crippen LogP contribution in [0.3, 0.4) is 0 Å². The predicted octanol–water partition coefficient (Wildman–Crippen LogP) is 2.10. The average molecular weight is 255 g/mol. The molecule has 0 aliphatic heterocycles. The Morgan fingerprint density at radius 2 is 2.16 bits per heavy atom. The summed E-state index contributed by atoms with van der Waals surface area (Å²) in [6, 6.07) is 7.33. The van der Waals surface area contributed by atoms with Gasteiger partial charge < -0.3 is 14.3 Å². The van der Waals surface area contributed by atoms with Gasteiger partial charge in [-0.15, -0.1) is 0 Å². The van der Waals surface area contributed by atoms with Crippen molar-refractivity contribution in [1.29, 1.82) is 0 Å². The maximum Gasteiger partial charge on any atom is 0.268 e.